The lowest BCUT2D eigenvalue weighted by Gasteiger charge is -2.33. The van der Waals surface area contributed by atoms with E-state index in [9.17, 15) is 9.59 Å². The molecule has 1 saturated heterocycles. The summed E-state index contributed by atoms with van der Waals surface area (Å²) < 4.78 is 5.70. The molecule has 0 bridgehead atoms. The van der Waals surface area contributed by atoms with Crippen LogP contribution in [0.2, 0.25) is 0 Å². The molecule has 6 nitrogen and oxygen atoms in total. The second kappa shape index (κ2) is 7.64. The predicted octanol–water partition coefficient (Wildman–Crippen LogP) is 1.63. The summed E-state index contributed by atoms with van der Waals surface area (Å²) in [5.74, 6) is -0.847. The van der Waals surface area contributed by atoms with Gasteiger partial charge in [0.15, 0.2) is 0 Å². The van der Waals surface area contributed by atoms with Crippen LogP contribution in [0.1, 0.15) is 24.5 Å². The van der Waals surface area contributed by atoms with Gasteiger partial charge < -0.3 is 20.1 Å². The highest BCUT2D eigenvalue weighted by Crippen LogP contribution is 2.21. The second-order valence-electron chi connectivity index (χ2n) is 4.95. The topological polar surface area (TPSA) is 78.9 Å². The van der Waals surface area contributed by atoms with Gasteiger partial charge in [-0.15, -0.1) is 0 Å². The third-order valence-corrected chi connectivity index (χ3v) is 3.37. The highest BCUT2D eigenvalue weighted by atomic mass is 16.5. The van der Waals surface area contributed by atoms with E-state index in [4.69, 9.17) is 9.84 Å². The van der Waals surface area contributed by atoms with Gasteiger partial charge in [0.2, 0.25) is 0 Å². The molecule has 0 aliphatic carbocycles. The van der Waals surface area contributed by atoms with Crippen LogP contribution in [0.3, 0.4) is 0 Å². The van der Waals surface area contributed by atoms with Gasteiger partial charge in [-0.1, -0.05) is 30.3 Å². The van der Waals surface area contributed by atoms with Crippen molar-refractivity contribution in [2.24, 2.45) is 0 Å². The Kier molecular flexibility index (Phi) is 5.57. The van der Waals surface area contributed by atoms with Crippen LogP contribution in [0, 0.1) is 0 Å². The third-order valence-electron chi connectivity index (χ3n) is 3.37. The highest BCUT2D eigenvalue weighted by molar-refractivity contribution is 5.74. The van der Waals surface area contributed by atoms with Crippen molar-refractivity contribution < 1.29 is 19.4 Å². The predicted molar refractivity (Wildman–Crippen MR) is 77.0 cm³/mol. The minimum absolute atomic E-state index is 0.0655. The monoisotopic (exact) mass is 292 g/mol. The molecule has 1 atom stereocenters. The van der Waals surface area contributed by atoms with E-state index in [0.717, 1.165) is 5.56 Å². The fraction of sp³-hybridized carbons (Fsp3) is 0.467. The molecule has 2 amide bonds. The van der Waals surface area contributed by atoms with Gasteiger partial charge in [-0.3, -0.25) is 4.79 Å². The van der Waals surface area contributed by atoms with Crippen LogP contribution in [0.5, 0.6) is 0 Å². The van der Waals surface area contributed by atoms with Crippen LogP contribution in [0.15, 0.2) is 30.3 Å². The summed E-state index contributed by atoms with van der Waals surface area (Å²) in [5, 5.41) is 11.3. The molecule has 6 heteroatoms. The molecular weight excluding hydrogens is 272 g/mol. The summed E-state index contributed by atoms with van der Waals surface area (Å²) >= 11 is 0. The normalized spacial score (nSPS) is 18.3. The molecular formula is C15H20N2O4. The number of amides is 2. The summed E-state index contributed by atoms with van der Waals surface area (Å²) in [6, 6.07) is 9.65. The number of carbonyl (C=O) groups is 2. The average molecular weight is 292 g/mol. The van der Waals surface area contributed by atoms with Crippen molar-refractivity contribution in [3.63, 3.8) is 0 Å². The molecule has 1 aliphatic heterocycles. The number of ether oxygens (including phenoxy) is 1. The smallest absolute Gasteiger partial charge is 0.317 e. The van der Waals surface area contributed by atoms with Crippen LogP contribution in [0.25, 0.3) is 0 Å². The Morgan fingerprint density at radius 3 is 2.81 bits per heavy atom. The van der Waals surface area contributed by atoms with Gasteiger partial charge in [0.05, 0.1) is 13.2 Å². The summed E-state index contributed by atoms with van der Waals surface area (Å²) in [4.78, 5) is 24.1. The third kappa shape index (κ3) is 4.75. The van der Waals surface area contributed by atoms with Gasteiger partial charge in [-0.05, 0) is 12.0 Å². The lowest BCUT2D eigenvalue weighted by atomic mass is 10.1. The number of hydrogen-bond donors (Lipinski definition) is 2. The zero-order chi connectivity index (χ0) is 15.1. The molecule has 1 fully saturated rings. The highest BCUT2D eigenvalue weighted by Gasteiger charge is 2.24. The van der Waals surface area contributed by atoms with Gasteiger partial charge in [-0.2, -0.15) is 0 Å². The SMILES string of the molecule is O=C(O)CCCNC(=O)N1CCOC(c2ccccc2)C1. The van der Waals surface area contributed by atoms with Crippen molar-refractivity contribution in [3.8, 4) is 0 Å². The Morgan fingerprint density at radius 2 is 2.10 bits per heavy atom. The van der Waals surface area contributed by atoms with Gasteiger partial charge in [0, 0.05) is 19.5 Å². The Morgan fingerprint density at radius 1 is 1.33 bits per heavy atom. The number of urea groups is 1. The van der Waals surface area contributed by atoms with E-state index in [-0.39, 0.29) is 18.6 Å². The van der Waals surface area contributed by atoms with Gasteiger partial charge >= 0.3 is 12.0 Å². The molecule has 0 radical (unpaired) electrons. The summed E-state index contributed by atoms with van der Waals surface area (Å²) in [6.45, 7) is 1.93. The van der Waals surface area contributed by atoms with Gasteiger partial charge in [-0.25, -0.2) is 4.79 Å². The number of carboxylic acids is 1. The quantitative estimate of drug-likeness (QED) is 0.809. The van der Waals surface area contributed by atoms with E-state index in [1.165, 1.54) is 0 Å². The largest absolute Gasteiger partial charge is 0.481 e. The molecule has 1 aromatic carbocycles. The Bertz CT molecular complexity index is 478. The number of aliphatic carboxylic acids is 1. The Hall–Kier alpha value is -2.08. The molecule has 2 rings (SSSR count). The first kappa shape index (κ1) is 15.3. The van der Waals surface area contributed by atoms with E-state index in [2.05, 4.69) is 5.32 Å². The zero-order valence-corrected chi connectivity index (χ0v) is 11.8. The van der Waals surface area contributed by atoms with E-state index in [1.54, 1.807) is 4.90 Å². The first-order valence-electron chi connectivity index (χ1n) is 7.08. The number of nitrogens with zero attached hydrogens (tertiary/aromatic N) is 1. The molecule has 21 heavy (non-hydrogen) atoms. The summed E-state index contributed by atoms with van der Waals surface area (Å²) in [5.41, 5.74) is 1.06. The molecule has 0 saturated carbocycles. The summed E-state index contributed by atoms with van der Waals surface area (Å²) in [7, 11) is 0. The fourth-order valence-electron chi connectivity index (χ4n) is 2.25. The molecule has 0 aromatic heterocycles. The number of benzene rings is 1. The maximum Gasteiger partial charge on any atom is 0.317 e. The number of rotatable bonds is 5. The Balaban J connectivity index is 1.80. The standard InChI is InChI=1S/C15H20N2O4/c18-14(19)7-4-8-16-15(20)17-9-10-21-13(11-17)12-5-2-1-3-6-12/h1-3,5-6,13H,4,7-11H2,(H,16,20)(H,18,19). The molecule has 1 unspecified atom stereocenters. The van der Waals surface area contributed by atoms with Crippen molar-refractivity contribution in [2.75, 3.05) is 26.2 Å². The number of morpholine rings is 1. The Labute approximate surface area is 123 Å². The number of nitrogens with one attached hydrogen (secondary N) is 1. The van der Waals surface area contributed by atoms with E-state index in [1.807, 2.05) is 30.3 Å². The minimum Gasteiger partial charge on any atom is -0.481 e. The first-order valence-corrected chi connectivity index (χ1v) is 7.08. The first-order chi connectivity index (χ1) is 10.2. The van der Waals surface area contributed by atoms with Crippen molar-refractivity contribution in [1.82, 2.24) is 10.2 Å². The molecule has 2 N–H and O–H groups in total. The molecule has 1 aliphatic rings. The van der Waals surface area contributed by atoms with Crippen LogP contribution in [-0.2, 0) is 9.53 Å². The maximum atomic E-state index is 12.0. The zero-order valence-electron chi connectivity index (χ0n) is 11.8. The molecule has 0 spiro atoms. The van der Waals surface area contributed by atoms with Crippen molar-refractivity contribution in [1.29, 1.82) is 0 Å². The lowest BCUT2D eigenvalue weighted by molar-refractivity contribution is -0.137. The lowest BCUT2D eigenvalue weighted by Crippen LogP contribution is -2.47. The second-order valence-corrected chi connectivity index (χ2v) is 4.95. The average Bonchev–Trinajstić information content (AvgIpc) is 2.52. The van der Waals surface area contributed by atoms with Crippen molar-refractivity contribution in [2.45, 2.75) is 18.9 Å². The maximum absolute atomic E-state index is 12.0. The molecule has 1 heterocycles. The number of carboxylic acid groups (broad SMARTS) is 1. The summed E-state index contributed by atoms with van der Waals surface area (Å²) in [6.07, 6.45) is 0.397. The minimum atomic E-state index is -0.847. The van der Waals surface area contributed by atoms with Crippen LogP contribution < -0.4 is 5.32 Å². The number of hydrogen-bond acceptors (Lipinski definition) is 3. The van der Waals surface area contributed by atoms with E-state index < -0.39 is 5.97 Å². The van der Waals surface area contributed by atoms with E-state index >= 15 is 0 Å². The molecule has 114 valence electrons. The number of carbonyl (C=O) groups excluding carboxylic acids is 1. The van der Waals surface area contributed by atoms with Crippen molar-refractivity contribution in [3.05, 3.63) is 35.9 Å². The fourth-order valence-corrected chi connectivity index (χ4v) is 2.25. The van der Waals surface area contributed by atoms with Gasteiger partial charge in [0.25, 0.3) is 0 Å². The van der Waals surface area contributed by atoms with E-state index in [0.29, 0.717) is 32.7 Å². The van der Waals surface area contributed by atoms with Gasteiger partial charge in [0.1, 0.15) is 6.10 Å². The van der Waals surface area contributed by atoms with Crippen LogP contribution >= 0.6 is 0 Å². The molecule has 1 aromatic rings. The van der Waals surface area contributed by atoms with Crippen molar-refractivity contribution >= 4 is 12.0 Å². The van der Waals surface area contributed by atoms with Crippen LogP contribution in [-0.4, -0.2) is 48.2 Å². The van der Waals surface area contributed by atoms with Crippen LogP contribution in [0.4, 0.5) is 4.79 Å².